The number of pyridine rings is 1. The second-order valence-corrected chi connectivity index (χ2v) is 4.54. The van der Waals surface area contributed by atoms with Crippen molar-refractivity contribution < 1.29 is 9.59 Å². The summed E-state index contributed by atoms with van der Waals surface area (Å²) in [5.41, 5.74) is 0.378. The van der Waals surface area contributed by atoms with Gasteiger partial charge in [0.05, 0.1) is 5.56 Å². The first-order chi connectivity index (χ1) is 7.02. The number of nitrogens with zero attached hydrogens (tertiary/aromatic N) is 2. The van der Waals surface area contributed by atoms with E-state index in [1.165, 1.54) is 4.90 Å². The third-order valence-electron chi connectivity index (χ3n) is 2.24. The molecule has 0 spiro atoms. The van der Waals surface area contributed by atoms with Gasteiger partial charge in [-0.05, 0) is 35.8 Å². The van der Waals surface area contributed by atoms with Gasteiger partial charge in [-0.3, -0.25) is 14.5 Å². The average Bonchev–Trinajstić information content (AvgIpc) is 2.41. The lowest BCUT2D eigenvalue weighted by molar-refractivity contribution is -0.114. The summed E-state index contributed by atoms with van der Waals surface area (Å²) in [6.45, 7) is 3.70. The summed E-state index contributed by atoms with van der Waals surface area (Å²) < 4.78 is 0.702. The Balaban J connectivity index is 2.60. The lowest BCUT2D eigenvalue weighted by Gasteiger charge is -2.19. The summed E-state index contributed by atoms with van der Waals surface area (Å²) in [6, 6.07) is 1.57. The fourth-order valence-electron chi connectivity index (χ4n) is 1.59. The van der Waals surface area contributed by atoms with Gasteiger partial charge in [0, 0.05) is 16.7 Å². The van der Waals surface area contributed by atoms with Crippen molar-refractivity contribution in [2.75, 3.05) is 4.90 Å². The number of aromatic nitrogens is 1. The third kappa shape index (κ3) is 1.47. The normalized spacial score (nSPS) is 15.1. The van der Waals surface area contributed by atoms with Crippen molar-refractivity contribution in [3.05, 3.63) is 22.3 Å². The number of rotatable bonds is 1. The predicted molar refractivity (Wildman–Crippen MR) is 58.9 cm³/mol. The molecule has 78 valence electrons. The Hall–Kier alpha value is -1.23. The van der Waals surface area contributed by atoms with E-state index in [4.69, 9.17) is 0 Å². The molecule has 4 nitrogen and oxygen atoms in total. The summed E-state index contributed by atoms with van der Waals surface area (Å²) in [5.74, 6) is -0.513. The number of carbonyl (C=O) groups excluding carboxylic acids is 2. The van der Waals surface area contributed by atoms with Gasteiger partial charge in [0.2, 0.25) is 0 Å². The molecule has 2 heterocycles. The van der Waals surface area contributed by atoms with Gasteiger partial charge in [0.1, 0.15) is 5.82 Å². The molecule has 1 aromatic heterocycles. The first-order valence-electron chi connectivity index (χ1n) is 4.56. The van der Waals surface area contributed by atoms with Crippen LogP contribution in [-0.4, -0.2) is 22.7 Å². The van der Waals surface area contributed by atoms with Crippen LogP contribution in [0.5, 0.6) is 0 Å². The molecule has 2 rings (SSSR count). The quantitative estimate of drug-likeness (QED) is 0.730. The Bertz CT molecular complexity index is 457. The van der Waals surface area contributed by atoms with Crippen LogP contribution in [0.25, 0.3) is 0 Å². The van der Waals surface area contributed by atoms with Crippen LogP contribution in [0.1, 0.15) is 24.2 Å². The van der Waals surface area contributed by atoms with Gasteiger partial charge < -0.3 is 0 Å². The van der Waals surface area contributed by atoms with E-state index in [0.29, 0.717) is 15.9 Å². The Morgan fingerprint density at radius 2 is 2.07 bits per heavy atom. The monoisotopic (exact) mass is 268 g/mol. The molecule has 0 aromatic carbocycles. The molecule has 0 radical (unpaired) electrons. The van der Waals surface area contributed by atoms with E-state index in [0.717, 1.165) is 0 Å². The van der Waals surface area contributed by atoms with E-state index in [1.54, 1.807) is 12.3 Å². The molecule has 15 heavy (non-hydrogen) atoms. The lowest BCUT2D eigenvalue weighted by atomic mass is 10.2. The van der Waals surface area contributed by atoms with E-state index in [-0.39, 0.29) is 6.04 Å². The third-order valence-corrected chi connectivity index (χ3v) is 2.67. The number of ketones is 1. The second-order valence-electron chi connectivity index (χ2n) is 3.62. The van der Waals surface area contributed by atoms with Crippen LogP contribution in [-0.2, 0) is 4.79 Å². The highest BCUT2D eigenvalue weighted by Gasteiger charge is 2.38. The zero-order valence-corrected chi connectivity index (χ0v) is 9.91. The van der Waals surface area contributed by atoms with Gasteiger partial charge in [0.25, 0.3) is 5.78 Å². The average molecular weight is 269 g/mol. The molecule has 0 atom stereocenters. The summed E-state index contributed by atoms with van der Waals surface area (Å²) >= 11 is 3.22. The van der Waals surface area contributed by atoms with Crippen LogP contribution >= 0.6 is 15.9 Å². The summed E-state index contributed by atoms with van der Waals surface area (Å²) in [7, 11) is 0. The molecule has 1 amide bonds. The fraction of sp³-hybridized carbons (Fsp3) is 0.300. The number of Topliss-reactive ketones (excluding diaryl/α,β-unsaturated/α-hetero) is 1. The van der Waals surface area contributed by atoms with Crippen molar-refractivity contribution in [3.8, 4) is 0 Å². The van der Waals surface area contributed by atoms with Gasteiger partial charge in [-0.2, -0.15) is 0 Å². The summed E-state index contributed by atoms with van der Waals surface area (Å²) in [4.78, 5) is 28.8. The van der Waals surface area contributed by atoms with Crippen LogP contribution in [0.3, 0.4) is 0 Å². The van der Waals surface area contributed by atoms with Crippen LogP contribution in [0.15, 0.2) is 16.7 Å². The molecule has 0 fully saturated rings. The van der Waals surface area contributed by atoms with E-state index >= 15 is 0 Å². The van der Waals surface area contributed by atoms with Crippen LogP contribution in [0.2, 0.25) is 0 Å². The fourth-order valence-corrected chi connectivity index (χ4v) is 1.92. The van der Waals surface area contributed by atoms with Gasteiger partial charge in [-0.25, -0.2) is 4.98 Å². The van der Waals surface area contributed by atoms with Gasteiger partial charge >= 0.3 is 5.91 Å². The first-order valence-corrected chi connectivity index (χ1v) is 5.35. The van der Waals surface area contributed by atoms with Gasteiger partial charge in [-0.15, -0.1) is 0 Å². The van der Waals surface area contributed by atoms with Crippen LogP contribution in [0, 0.1) is 0 Å². The Labute approximate surface area is 95.4 Å². The molecular weight excluding hydrogens is 260 g/mol. The summed E-state index contributed by atoms with van der Waals surface area (Å²) in [5, 5.41) is 0. The Morgan fingerprint density at radius 3 is 2.67 bits per heavy atom. The largest absolute Gasteiger partial charge is 0.300 e. The van der Waals surface area contributed by atoms with Crippen molar-refractivity contribution in [3.63, 3.8) is 0 Å². The number of hydrogen-bond donors (Lipinski definition) is 0. The maximum Gasteiger partial charge on any atom is 0.300 e. The zero-order chi connectivity index (χ0) is 11.2. The molecule has 0 saturated carbocycles. The van der Waals surface area contributed by atoms with E-state index < -0.39 is 11.7 Å². The molecular formula is C10H9BrN2O2. The van der Waals surface area contributed by atoms with E-state index in [1.807, 2.05) is 13.8 Å². The number of amides is 1. The smallest absolute Gasteiger partial charge is 0.287 e. The minimum atomic E-state index is -0.495. The molecule has 0 bridgehead atoms. The van der Waals surface area contributed by atoms with Crippen molar-refractivity contribution in [1.82, 2.24) is 4.98 Å². The molecule has 5 heteroatoms. The highest BCUT2D eigenvalue weighted by Crippen LogP contribution is 2.30. The molecule has 1 aliphatic rings. The van der Waals surface area contributed by atoms with Crippen molar-refractivity contribution in [2.45, 2.75) is 19.9 Å². The van der Waals surface area contributed by atoms with Crippen LogP contribution in [0.4, 0.5) is 5.82 Å². The van der Waals surface area contributed by atoms with Crippen molar-refractivity contribution in [2.24, 2.45) is 0 Å². The van der Waals surface area contributed by atoms with Crippen molar-refractivity contribution in [1.29, 1.82) is 0 Å². The molecule has 0 unspecified atom stereocenters. The number of anilines is 1. The maximum absolute atomic E-state index is 11.6. The number of fused-ring (bicyclic) bond motifs is 1. The molecule has 0 aliphatic carbocycles. The maximum atomic E-state index is 11.6. The minimum Gasteiger partial charge on any atom is -0.287 e. The Kier molecular flexibility index (Phi) is 2.34. The van der Waals surface area contributed by atoms with E-state index in [9.17, 15) is 9.59 Å². The van der Waals surface area contributed by atoms with Gasteiger partial charge in [0.15, 0.2) is 0 Å². The molecule has 1 aromatic rings. The van der Waals surface area contributed by atoms with Crippen molar-refractivity contribution >= 4 is 33.4 Å². The highest BCUT2D eigenvalue weighted by molar-refractivity contribution is 9.10. The molecule has 0 saturated heterocycles. The predicted octanol–water partition coefficient (Wildman–Crippen LogP) is 1.78. The highest BCUT2D eigenvalue weighted by atomic mass is 79.9. The Morgan fingerprint density at radius 1 is 1.40 bits per heavy atom. The summed E-state index contributed by atoms with van der Waals surface area (Å²) in [6.07, 6.45) is 1.58. The number of halogens is 1. The van der Waals surface area contributed by atoms with E-state index in [2.05, 4.69) is 20.9 Å². The van der Waals surface area contributed by atoms with Gasteiger partial charge in [-0.1, -0.05) is 0 Å². The zero-order valence-electron chi connectivity index (χ0n) is 8.32. The SMILES string of the molecule is CC(C)N1C(=O)C(=O)c2cc(Br)cnc21. The lowest BCUT2D eigenvalue weighted by Crippen LogP contribution is -2.36. The van der Waals surface area contributed by atoms with Crippen LogP contribution < -0.4 is 4.90 Å². The topological polar surface area (TPSA) is 50.3 Å². The standard InChI is InChI=1S/C10H9BrN2O2/c1-5(2)13-9-7(8(14)10(13)15)3-6(11)4-12-9/h3-5H,1-2H3. The molecule has 1 aliphatic heterocycles. The minimum absolute atomic E-state index is 0.0589. The second kappa shape index (κ2) is 3.41. The molecule has 0 N–H and O–H groups in total. The number of carbonyl (C=O) groups is 2. The number of hydrogen-bond acceptors (Lipinski definition) is 3. The first kappa shape index (κ1) is 10.3.